The molecule has 5 nitrogen and oxygen atoms in total. The van der Waals surface area contributed by atoms with E-state index in [0.29, 0.717) is 6.54 Å². The summed E-state index contributed by atoms with van der Waals surface area (Å²) in [5.74, 6) is -0.257. The Morgan fingerprint density at radius 3 is 2.43 bits per heavy atom. The maximum absolute atomic E-state index is 13.5. The van der Waals surface area contributed by atoms with Gasteiger partial charge in [-0.25, -0.2) is 19.0 Å². The van der Waals surface area contributed by atoms with Gasteiger partial charge >= 0.3 is 0 Å². The third-order valence-corrected chi connectivity index (χ3v) is 5.32. The minimum atomic E-state index is -0.257. The van der Waals surface area contributed by atoms with Crippen LogP contribution >= 0.6 is 0 Å². The van der Waals surface area contributed by atoms with Crippen molar-refractivity contribution in [3.05, 3.63) is 96.0 Å². The standard InChI is InChI=1S/C24H24FN5/c1-17-4-10-22(11-5-17)30-15-20(24(28-30)19-6-8-21(25)9-7-19)14-29(3)18(2)23-12-13-26-16-27-23/h4-13,15-16,18H,14H2,1-3H3. The van der Waals surface area contributed by atoms with Crippen molar-refractivity contribution < 1.29 is 4.39 Å². The number of aryl methyl sites for hydroxylation is 1. The van der Waals surface area contributed by atoms with Gasteiger partial charge in [0.25, 0.3) is 0 Å². The molecule has 0 aliphatic rings. The molecule has 0 amide bonds. The third-order valence-electron chi connectivity index (χ3n) is 5.32. The zero-order valence-corrected chi connectivity index (χ0v) is 17.3. The number of nitrogens with zero attached hydrogens (tertiary/aromatic N) is 5. The molecule has 0 fully saturated rings. The summed E-state index contributed by atoms with van der Waals surface area (Å²) in [7, 11) is 2.06. The smallest absolute Gasteiger partial charge is 0.123 e. The fraction of sp³-hybridized carbons (Fsp3) is 0.208. The van der Waals surface area contributed by atoms with Gasteiger partial charge in [0.15, 0.2) is 0 Å². The molecular formula is C24H24FN5. The first-order valence-corrected chi connectivity index (χ1v) is 9.89. The molecule has 0 aliphatic carbocycles. The lowest BCUT2D eigenvalue weighted by Crippen LogP contribution is -2.22. The second-order valence-electron chi connectivity index (χ2n) is 7.52. The van der Waals surface area contributed by atoms with Crippen LogP contribution in [0.25, 0.3) is 16.9 Å². The molecule has 0 aliphatic heterocycles. The fourth-order valence-corrected chi connectivity index (χ4v) is 3.39. The molecule has 0 spiro atoms. The van der Waals surface area contributed by atoms with Gasteiger partial charge in [0.1, 0.15) is 12.1 Å². The number of halogens is 1. The molecule has 2 aromatic carbocycles. The first-order valence-electron chi connectivity index (χ1n) is 9.89. The highest BCUT2D eigenvalue weighted by molar-refractivity contribution is 5.63. The molecule has 1 unspecified atom stereocenters. The molecule has 4 rings (SSSR count). The molecule has 1 atom stereocenters. The molecule has 4 aromatic rings. The minimum absolute atomic E-state index is 0.108. The Hall–Kier alpha value is -3.38. The summed E-state index contributed by atoms with van der Waals surface area (Å²) in [5, 5.41) is 4.84. The quantitative estimate of drug-likeness (QED) is 0.458. The molecule has 0 N–H and O–H groups in total. The number of rotatable bonds is 6. The van der Waals surface area contributed by atoms with E-state index in [1.165, 1.54) is 17.7 Å². The highest BCUT2D eigenvalue weighted by atomic mass is 19.1. The van der Waals surface area contributed by atoms with Gasteiger partial charge in [-0.3, -0.25) is 4.90 Å². The van der Waals surface area contributed by atoms with Crippen molar-refractivity contribution >= 4 is 0 Å². The fourth-order valence-electron chi connectivity index (χ4n) is 3.39. The van der Waals surface area contributed by atoms with E-state index >= 15 is 0 Å². The largest absolute Gasteiger partial charge is 0.294 e. The van der Waals surface area contributed by atoms with Crippen molar-refractivity contribution in [3.8, 4) is 16.9 Å². The summed E-state index contributed by atoms with van der Waals surface area (Å²) in [6.45, 7) is 4.85. The molecule has 2 heterocycles. The van der Waals surface area contributed by atoms with Crippen LogP contribution in [0.2, 0.25) is 0 Å². The van der Waals surface area contributed by atoms with Gasteiger partial charge in [-0.1, -0.05) is 17.7 Å². The van der Waals surface area contributed by atoms with Crippen molar-refractivity contribution in [2.75, 3.05) is 7.05 Å². The Bertz CT molecular complexity index is 1100. The first-order chi connectivity index (χ1) is 14.5. The number of hydrogen-bond acceptors (Lipinski definition) is 4. The van der Waals surface area contributed by atoms with Gasteiger partial charge in [-0.05, 0) is 63.4 Å². The predicted molar refractivity (Wildman–Crippen MR) is 116 cm³/mol. The van der Waals surface area contributed by atoms with E-state index in [2.05, 4.69) is 47.9 Å². The number of aromatic nitrogens is 4. The van der Waals surface area contributed by atoms with E-state index in [1.807, 2.05) is 29.1 Å². The van der Waals surface area contributed by atoms with Crippen molar-refractivity contribution in [3.63, 3.8) is 0 Å². The van der Waals surface area contributed by atoms with Crippen LogP contribution in [0.5, 0.6) is 0 Å². The summed E-state index contributed by atoms with van der Waals surface area (Å²) in [4.78, 5) is 10.6. The van der Waals surface area contributed by atoms with Gasteiger partial charge in [0.05, 0.1) is 17.1 Å². The molecule has 0 saturated carbocycles. The molecule has 0 bridgehead atoms. The highest BCUT2D eigenvalue weighted by Gasteiger charge is 2.18. The van der Waals surface area contributed by atoms with Crippen molar-refractivity contribution in [1.82, 2.24) is 24.6 Å². The molecule has 2 aromatic heterocycles. The van der Waals surface area contributed by atoms with Gasteiger partial charge in [-0.2, -0.15) is 5.10 Å². The summed E-state index contributed by atoms with van der Waals surface area (Å²) in [5.41, 5.74) is 5.94. The Kier molecular flexibility index (Phi) is 5.68. The third kappa shape index (κ3) is 4.28. The molecule has 0 radical (unpaired) electrons. The molecule has 6 heteroatoms. The minimum Gasteiger partial charge on any atom is -0.294 e. The second-order valence-corrected chi connectivity index (χ2v) is 7.52. The van der Waals surface area contributed by atoms with Gasteiger partial charge < -0.3 is 0 Å². The molecule has 30 heavy (non-hydrogen) atoms. The Morgan fingerprint density at radius 1 is 1.03 bits per heavy atom. The average molecular weight is 401 g/mol. The monoisotopic (exact) mass is 401 g/mol. The van der Waals surface area contributed by atoms with Crippen LogP contribution in [-0.4, -0.2) is 31.7 Å². The van der Waals surface area contributed by atoms with Crippen LogP contribution < -0.4 is 0 Å². The van der Waals surface area contributed by atoms with Crippen LogP contribution in [0.15, 0.2) is 73.3 Å². The normalized spacial score (nSPS) is 12.3. The number of benzene rings is 2. The van der Waals surface area contributed by atoms with Crippen molar-refractivity contribution in [2.45, 2.75) is 26.4 Å². The van der Waals surface area contributed by atoms with Gasteiger partial charge in [0.2, 0.25) is 0 Å². The maximum Gasteiger partial charge on any atom is 0.123 e. The van der Waals surface area contributed by atoms with Crippen LogP contribution in [0.1, 0.15) is 29.8 Å². The first kappa shape index (κ1) is 19.9. The zero-order valence-electron chi connectivity index (χ0n) is 17.3. The lowest BCUT2D eigenvalue weighted by molar-refractivity contribution is 0.248. The van der Waals surface area contributed by atoms with Crippen LogP contribution in [-0.2, 0) is 6.54 Å². The zero-order chi connectivity index (χ0) is 21.1. The van der Waals surface area contributed by atoms with Crippen molar-refractivity contribution in [2.24, 2.45) is 0 Å². The lowest BCUT2D eigenvalue weighted by Gasteiger charge is -2.24. The van der Waals surface area contributed by atoms with Crippen LogP contribution in [0.3, 0.4) is 0 Å². The van der Waals surface area contributed by atoms with E-state index in [1.54, 1.807) is 24.7 Å². The lowest BCUT2D eigenvalue weighted by atomic mass is 10.1. The average Bonchev–Trinajstić information content (AvgIpc) is 3.18. The Morgan fingerprint density at radius 2 is 1.77 bits per heavy atom. The SMILES string of the molecule is Cc1ccc(-n2cc(CN(C)C(C)c3ccncn3)c(-c3ccc(F)cc3)n2)cc1. The van der Waals surface area contributed by atoms with Crippen molar-refractivity contribution in [1.29, 1.82) is 0 Å². The molecule has 0 saturated heterocycles. The highest BCUT2D eigenvalue weighted by Crippen LogP contribution is 2.27. The van der Waals surface area contributed by atoms with Gasteiger partial charge in [0, 0.05) is 36.1 Å². The second kappa shape index (κ2) is 8.55. The Balaban J connectivity index is 1.69. The molecule has 152 valence electrons. The predicted octanol–water partition coefficient (Wildman–Crippen LogP) is 4.97. The summed E-state index contributed by atoms with van der Waals surface area (Å²) in [6, 6.07) is 16.8. The van der Waals surface area contributed by atoms with E-state index in [4.69, 9.17) is 5.10 Å². The topological polar surface area (TPSA) is 46.8 Å². The number of hydrogen-bond donors (Lipinski definition) is 0. The van der Waals surface area contributed by atoms with E-state index in [9.17, 15) is 4.39 Å². The molecular weight excluding hydrogens is 377 g/mol. The summed E-state index contributed by atoms with van der Waals surface area (Å²) in [6.07, 6.45) is 5.37. The van der Waals surface area contributed by atoms with E-state index < -0.39 is 0 Å². The maximum atomic E-state index is 13.5. The van der Waals surface area contributed by atoms with Gasteiger partial charge in [-0.15, -0.1) is 0 Å². The van der Waals surface area contributed by atoms with Crippen LogP contribution in [0, 0.1) is 12.7 Å². The van der Waals surface area contributed by atoms with E-state index in [0.717, 1.165) is 28.2 Å². The Labute approximate surface area is 175 Å². The summed E-state index contributed by atoms with van der Waals surface area (Å²) < 4.78 is 15.4. The van der Waals surface area contributed by atoms with Crippen LogP contribution in [0.4, 0.5) is 4.39 Å². The summed E-state index contributed by atoms with van der Waals surface area (Å²) >= 11 is 0. The van der Waals surface area contributed by atoms with E-state index in [-0.39, 0.29) is 11.9 Å².